The summed E-state index contributed by atoms with van der Waals surface area (Å²) < 4.78 is 16.1. The van der Waals surface area contributed by atoms with Gasteiger partial charge in [-0.15, -0.1) is 10.2 Å². The van der Waals surface area contributed by atoms with E-state index in [1.54, 1.807) is 48.9 Å². The summed E-state index contributed by atoms with van der Waals surface area (Å²) in [5.41, 5.74) is 0.579. The van der Waals surface area contributed by atoms with Crippen LogP contribution in [-0.4, -0.2) is 32.3 Å². The highest BCUT2D eigenvalue weighted by molar-refractivity contribution is 9.10. The Balaban J connectivity index is 1.58. The first-order chi connectivity index (χ1) is 14.7. The van der Waals surface area contributed by atoms with Crippen LogP contribution in [-0.2, 0) is 11.8 Å². The van der Waals surface area contributed by atoms with E-state index in [1.165, 1.54) is 12.1 Å². The SMILES string of the molecule is C[C@H](NC(=O)c1ccc(Cl)cc1)c1nnc(SCC(=O)Nc2ccc(Br)cc2F)n1C. The smallest absolute Gasteiger partial charge is 0.251 e. The summed E-state index contributed by atoms with van der Waals surface area (Å²) in [5.74, 6) is -0.618. The molecule has 2 amide bonds. The second-order valence-electron chi connectivity index (χ2n) is 6.56. The van der Waals surface area contributed by atoms with Gasteiger partial charge in [0.1, 0.15) is 5.82 Å². The summed E-state index contributed by atoms with van der Waals surface area (Å²) in [6.45, 7) is 1.79. The third-order valence-electron chi connectivity index (χ3n) is 4.25. The fourth-order valence-electron chi connectivity index (χ4n) is 2.68. The molecule has 2 aromatic carbocycles. The molecule has 2 N–H and O–H groups in total. The standard InChI is InChI=1S/C20H18BrClFN5O2S/c1-11(24-19(30)12-3-6-14(22)7-4-12)18-26-27-20(28(18)2)31-10-17(29)25-16-8-5-13(21)9-15(16)23/h3-9,11H,10H2,1-2H3,(H,24,30)(H,25,29)/t11-/m0/s1. The van der Waals surface area contributed by atoms with Crippen molar-refractivity contribution in [2.24, 2.45) is 7.05 Å². The van der Waals surface area contributed by atoms with Crippen molar-refractivity contribution in [2.45, 2.75) is 18.1 Å². The van der Waals surface area contributed by atoms with Crippen molar-refractivity contribution < 1.29 is 14.0 Å². The van der Waals surface area contributed by atoms with Crippen LogP contribution >= 0.6 is 39.3 Å². The quantitative estimate of drug-likeness (QED) is 0.440. The van der Waals surface area contributed by atoms with Crippen LogP contribution in [0.25, 0.3) is 0 Å². The van der Waals surface area contributed by atoms with E-state index in [0.717, 1.165) is 11.8 Å². The number of nitrogens with zero attached hydrogens (tertiary/aromatic N) is 3. The topological polar surface area (TPSA) is 88.9 Å². The van der Waals surface area contributed by atoms with Gasteiger partial charge in [-0.3, -0.25) is 9.59 Å². The van der Waals surface area contributed by atoms with Crippen LogP contribution in [0.5, 0.6) is 0 Å². The molecule has 1 heterocycles. The van der Waals surface area contributed by atoms with E-state index in [0.29, 0.717) is 26.0 Å². The molecule has 0 saturated heterocycles. The van der Waals surface area contributed by atoms with Gasteiger partial charge in [-0.25, -0.2) is 4.39 Å². The predicted octanol–water partition coefficient (Wildman–Crippen LogP) is 4.59. The molecular weight excluding hydrogens is 509 g/mol. The summed E-state index contributed by atoms with van der Waals surface area (Å²) >= 11 is 10.2. The molecule has 0 fully saturated rings. The van der Waals surface area contributed by atoms with E-state index in [9.17, 15) is 14.0 Å². The minimum absolute atomic E-state index is 0.0208. The number of hydrogen-bond donors (Lipinski definition) is 2. The van der Waals surface area contributed by atoms with Crippen LogP contribution in [0, 0.1) is 5.82 Å². The van der Waals surface area contributed by atoms with Crippen molar-refractivity contribution in [1.82, 2.24) is 20.1 Å². The number of halogens is 3. The number of hydrogen-bond acceptors (Lipinski definition) is 5. The van der Waals surface area contributed by atoms with E-state index in [-0.39, 0.29) is 23.3 Å². The van der Waals surface area contributed by atoms with Crippen molar-refractivity contribution in [1.29, 1.82) is 0 Å². The number of benzene rings is 2. The van der Waals surface area contributed by atoms with E-state index >= 15 is 0 Å². The summed E-state index contributed by atoms with van der Waals surface area (Å²) in [6, 6.07) is 10.5. The van der Waals surface area contributed by atoms with Crippen molar-refractivity contribution in [2.75, 3.05) is 11.1 Å². The summed E-state index contributed by atoms with van der Waals surface area (Å²) in [7, 11) is 1.74. The average molecular weight is 527 g/mol. The summed E-state index contributed by atoms with van der Waals surface area (Å²) in [6.07, 6.45) is 0. The van der Waals surface area contributed by atoms with E-state index in [1.807, 2.05) is 0 Å². The van der Waals surface area contributed by atoms with Crippen LogP contribution in [0.3, 0.4) is 0 Å². The molecule has 31 heavy (non-hydrogen) atoms. The largest absolute Gasteiger partial charge is 0.342 e. The van der Waals surface area contributed by atoms with E-state index in [2.05, 4.69) is 36.8 Å². The van der Waals surface area contributed by atoms with Gasteiger partial charge in [0.05, 0.1) is 17.5 Å². The van der Waals surface area contributed by atoms with Crippen molar-refractivity contribution in [3.05, 3.63) is 69.2 Å². The molecule has 1 aromatic heterocycles. The van der Waals surface area contributed by atoms with Crippen LogP contribution in [0.1, 0.15) is 29.1 Å². The second-order valence-corrected chi connectivity index (χ2v) is 8.86. The Kier molecular flexibility index (Phi) is 7.69. The molecule has 11 heteroatoms. The van der Waals surface area contributed by atoms with Gasteiger partial charge in [-0.1, -0.05) is 39.3 Å². The summed E-state index contributed by atoms with van der Waals surface area (Å²) in [5, 5.41) is 14.6. The van der Waals surface area contributed by atoms with Gasteiger partial charge in [0.15, 0.2) is 11.0 Å². The van der Waals surface area contributed by atoms with Crippen molar-refractivity contribution >= 4 is 56.8 Å². The van der Waals surface area contributed by atoms with Gasteiger partial charge in [-0.05, 0) is 49.4 Å². The minimum Gasteiger partial charge on any atom is -0.342 e. The van der Waals surface area contributed by atoms with E-state index in [4.69, 9.17) is 11.6 Å². The molecule has 0 unspecified atom stereocenters. The van der Waals surface area contributed by atoms with Gasteiger partial charge in [-0.2, -0.15) is 0 Å². The average Bonchev–Trinajstić information content (AvgIpc) is 3.09. The molecule has 3 rings (SSSR count). The lowest BCUT2D eigenvalue weighted by Crippen LogP contribution is -2.28. The normalized spacial score (nSPS) is 11.8. The monoisotopic (exact) mass is 525 g/mol. The first-order valence-electron chi connectivity index (χ1n) is 9.08. The zero-order valence-electron chi connectivity index (χ0n) is 16.5. The van der Waals surface area contributed by atoms with Crippen molar-refractivity contribution in [3.63, 3.8) is 0 Å². The molecule has 0 radical (unpaired) electrons. The number of nitrogens with one attached hydrogen (secondary N) is 2. The lowest BCUT2D eigenvalue weighted by molar-refractivity contribution is -0.113. The number of carbonyl (C=O) groups excluding carboxylic acids is 2. The molecule has 7 nitrogen and oxygen atoms in total. The van der Waals surface area contributed by atoms with E-state index < -0.39 is 11.9 Å². The number of thioether (sulfide) groups is 1. The first kappa shape index (κ1) is 23.2. The zero-order chi connectivity index (χ0) is 22.5. The Morgan fingerprint density at radius 2 is 1.94 bits per heavy atom. The fourth-order valence-corrected chi connectivity index (χ4v) is 3.86. The molecule has 3 aromatic rings. The lowest BCUT2D eigenvalue weighted by Gasteiger charge is -2.13. The van der Waals surface area contributed by atoms with Crippen LogP contribution in [0.4, 0.5) is 10.1 Å². The maximum Gasteiger partial charge on any atom is 0.251 e. The number of rotatable bonds is 7. The summed E-state index contributed by atoms with van der Waals surface area (Å²) in [4.78, 5) is 24.6. The number of carbonyl (C=O) groups is 2. The van der Waals surface area contributed by atoms with Gasteiger partial charge in [0.25, 0.3) is 5.91 Å². The molecule has 1 atom stereocenters. The van der Waals surface area contributed by atoms with Gasteiger partial charge in [0.2, 0.25) is 5.91 Å². The Bertz CT molecular complexity index is 1110. The van der Waals surface area contributed by atoms with Gasteiger partial charge < -0.3 is 15.2 Å². The van der Waals surface area contributed by atoms with Crippen LogP contribution in [0.15, 0.2) is 52.1 Å². The number of amides is 2. The third kappa shape index (κ3) is 6.05. The van der Waals surface area contributed by atoms with Crippen molar-refractivity contribution in [3.8, 4) is 0 Å². The molecule has 0 spiro atoms. The van der Waals surface area contributed by atoms with Gasteiger partial charge >= 0.3 is 0 Å². The zero-order valence-corrected chi connectivity index (χ0v) is 19.7. The van der Waals surface area contributed by atoms with Gasteiger partial charge in [0, 0.05) is 22.1 Å². The Morgan fingerprint density at radius 1 is 1.23 bits per heavy atom. The van der Waals surface area contributed by atoms with Crippen LogP contribution < -0.4 is 10.6 Å². The molecule has 162 valence electrons. The minimum atomic E-state index is -0.529. The Labute approximate surface area is 195 Å². The maximum atomic E-state index is 13.9. The molecule has 0 aliphatic carbocycles. The number of anilines is 1. The predicted molar refractivity (Wildman–Crippen MR) is 122 cm³/mol. The number of aromatic nitrogens is 3. The highest BCUT2D eigenvalue weighted by atomic mass is 79.9. The molecule has 0 aliphatic heterocycles. The molecule has 0 saturated carbocycles. The Morgan fingerprint density at radius 3 is 2.61 bits per heavy atom. The molecule has 0 bridgehead atoms. The maximum absolute atomic E-state index is 13.9. The third-order valence-corrected chi connectivity index (χ3v) is 6.01. The van der Waals surface area contributed by atoms with Crippen LogP contribution in [0.2, 0.25) is 5.02 Å². The lowest BCUT2D eigenvalue weighted by atomic mass is 10.2. The fraction of sp³-hybridized carbons (Fsp3) is 0.200. The second kappa shape index (κ2) is 10.3. The first-order valence-corrected chi connectivity index (χ1v) is 11.2. The Hall–Kier alpha value is -2.43. The molecular formula is C20H18BrClFN5O2S. The highest BCUT2D eigenvalue weighted by Crippen LogP contribution is 2.22. The molecule has 0 aliphatic rings. The highest BCUT2D eigenvalue weighted by Gasteiger charge is 2.19.